The van der Waals surface area contributed by atoms with E-state index in [0.29, 0.717) is 4.22 Å². The van der Waals surface area contributed by atoms with Gasteiger partial charge in [-0.2, -0.15) is 0 Å². The number of hydrogen-bond acceptors (Lipinski definition) is 1. The van der Waals surface area contributed by atoms with E-state index in [4.69, 9.17) is 0 Å². The van der Waals surface area contributed by atoms with Gasteiger partial charge in [-0.15, -0.1) is 0 Å². The summed E-state index contributed by atoms with van der Waals surface area (Å²) in [7, 11) is -2.39. The number of benzene rings is 2. The first-order valence-corrected chi connectivity index (χ1v) is 22.1. The molecule has 1 aliphatic heterocycles. The molecule has 5 heteroatoms. The van der Waals surface area contributed by atoms with Gasteiger partial charge < -0.3 is 0 Å². The van der Waals surface area contributed by atoms with Crippen molar-refractivity contribution in [2.75, 3.05) is 0 Å². The quantitative estimate of drug-likeness (QED) is 0.261. The van der Waals surface area contributed by atoms with Gasteiger partial charge >= 0.3 is 116 Å². The number of rotatable bonds is 6. The second-order valence-corrected chi connectivity index (χ2v) is 27.7. The zero-order valence-electron chi connectivity index (χ0n) is 20.0. The Bertz CT molecular complexity index is 943. The number of amides is 1. The van der Waals surface area contributed by atoms with Gasteiger partial charge in [0.25, 0.3) is 0 Å². The fourth-order valence-electron chi connectivity index (χ4n) is 4.42. The van der Waals surface area contributed by atoms with Crippen LogP contribution in [0.5, 0.6) is 0 Å². The van der Waals surface area contributed by atoms with E-state index in [0.717, 1.165) is 6.41 Å². The summed E-state index contributed by atoms with van der Waals surface area (Å²) in [6, 6.07) is 17.4. The van der Waals surface area contributed by atoms with E-state index in [1.807, 2.05) is 0 Å². The molecule has 1 N–H and O–H groups in total. The van der Waals surface area contributed by atoms with E-state index in [1.54, 1.807) is 0 Å². The Morgan fingerprint density at radius 1 is 0.839 bits per heavy atom. The summed E-state index contributed by atoms with van der Waals surface area (Å²) in [6.07, 6.45) is 0.941. The predicted octanol–water partition coefficient (Wildman–Crippen LogP) is 7.28. The van der Waals surface area contributed by atoms with Crippen LogP contribution < -0.4 is 3.80 Å². The van der Waals surface area contributed by atoms with Crippen LogP contribution in [0.4, 0.5) is 0 Å². The molecular weight excluding hydrogens is 446 g/mol. The predicted molar refractivity (Wildman–Crippen MR) is 138 cm³/mol. The maximum absolute atomic E-state index is 11.0. The third kappa shape index (κ3) is 4.98. The summed E-state index contributed by atoms with van der Waals surface area (Å²) in [5, 5.41) is 2.73. The molecule has 31 heavy (non-hydrogen) atoms. The van der Waals surface area contributed by atoms with E-state index in [-0.39, 0.29) is 0 Å². The van der Waals surface area contributed by atoms with Crippen molar-refractivity contribution in [3.8, 4) is 11.1 Å². The summed E-state index contributed by atoms with van der Waals surface area (Å²) in [4.78, 5) is 11.0. The van der Waals surface area contributed by atoms with Gasteiger partial charge in [0.2, 0.25) is 0 Å². The SMILES string of the molecule is C=C(C(=C)[Si](C)(C)C)[Si](C)(C)C.O=C[NH][Ti]1([CH]2c3ccccc3-c3ccccc32)[CH2][CH2]1. The zero-order chi connectivity index (χ0) is 23.0. The number of nitrogens with one attached hydrogen (secondary N) is 1. The fourth-order valence-corrected chi connectivity index (χ4v) is 15.3. The molecule has 1 heterocycles. The first kappa shape index (κ1) is 24.2. The molecule has 0 atom stereocenters. The number of carbonyl (C=O) groups is 1. The Hall–Kier alpha value is -1.46. The Kier molecular flexibility index (Phi) is 6.88. The fraction of sp³-hybridized carbons (Fsp3) is 0.346. The van der Waals surface area contributed by atoms with Crippen molar-refractivity contribution < 1.29 is 21.6 Å². The van der Waals surface area contributed by atoms with Crippen molar-refractivity contribution in [1.29, 1.82) is 0 Å². The van der Waals surface area contributed by atoms with Crippen molar-refractivity contribution >= 4 is 22.6 Å². The normalized spacial score (nSPS) is 16.3. The van der Waals surface area contributed by atoms with Gasteiger partial charge in [-0.05, 0) is 0 Å². The third-order valence-electron chi connectivity index (χ3n) is 6.70. The van der Waals surface area contributed by atoms with E-state index < -0.39 is 33.0 Å². The molecule has 1 amide bonds. The van der Waals surface area contributed by atoms with Crippen molar-refractivity contribution in [3.05, 3.63) is 83.2 Å². The molecule has 2 aliphatic rings. The molecule has 1 saturated heterocycles. The molecule has 2 nitrogen and oxygen atoms in total. The first-order valence-electron chi connectivity index (χ1n) is 11.2. The van der Waals surface area contributed by atoms with Crippen molar-refractivity contribution in [2.24, 2.45) is 0 Å². The molecule has 2 aromatic carbocycles. The number of allylic oxidation sites excluding steroid dienone is 2. The minimum atomic E-state index is -2.20. The molecule has 0 radical (unpaired) electrons. The summed E-state index contributed by atoms with van der Waals surface area (Å²) < 4.78 is 6.27. The summed E-state index contributed by atoms with van der Waals surface area (Å²) >= 11 is -2.20. The average molecular weight is 484 g/mol. The van der Waals surface area contributed by atoms with Crippen LogP contribution in [0.2, 0.25) is 48.7 Å². The van der Waals surface area contributed by atoms with Crippen LogP contribution in [0, 0.1) is 0 Å². The van der Waals surface area contributed by atoms with Crippen molar-refractivity contribution in [1.82, 2.24) is 3.80 Å². The summed E-state index contributed by atoms with van der Waals surface area (Å²) in [6.45, 7) is 22.4. The van der Waals surface area contributed by atoms with Crippen molar-refractivity contribution in [3.63, 3.8) is 0 Å². The first-order chi connectivity index (χ1) is 14.4. The molecule has 1 aliphatic carbocycles. The topological polar surface area (TPSA) is 29.1 Å². The number of hydrogen-bond donors (Lipinski definition) is 1. The van der Waals surface area contributed by atoms with Crippen LogP contribution in [0.25, 0.3) is 11.1 Å². The Labute approximate surface area is 194 Å². The molecule has 0 unspecified atom stereocenters. The summed E-state index contributed by atoms with van der Waals surface area (Å²) in [5.41, 5.74) is 5.62. The third-order valence-corrected chi connectivity index (χ3v) is 17.4. The number of fused-ring (bicyclic) bond motifs is 3. The Morgan fingerprint density at radius 3 is 1.55 bits per heavy atom. The van der Waals surface area contributed by atoms with Crippen LogP contribution in [0.1, 0.15) is 15.3 Å². The van der Waals surface area contributed by atoms with E-state index in [2.05, 4.69) is 105 Å². The van der Waals surface area contributed by atoms with Gasteiger partial charge in [-0.1, -0.05) is 62.8 Å². The monoisotopic (exact) mass is 483 g/mol. The second-order valence-electron chi connectivity index (χ2n) is 11.0. The molecule has 4 rings (SSSR count). The van der Waals surface area contributed by atoms with E-state index >= 15 is 0 Å². The van der Waals surface area contributed by atoms with Gasteiger partial charge in [0.1, 0.15) is 0 Å². The van der Waals surface area contributed by atoms with Gasteiger partial charge in [0.15, 0.2) is 0 Å². The molecule has 0 spiro atoms. The molecule has 2 aromatic rings. The molecule has 0 bridgehead atoms. The van der Waals surface area contributed by atoms with Crippen LogP contribution >= 0.6 is 0 Å². The standard InChI is InChI=1S/C13H9.C10H22Si2.C2H4.CH3NO.Ti/c1-3-7-12-10(5-1)9-11-6-2-4-8-13(11)12;1-9(11(3,4)5)10(2)12(6,7)8;1-2;2-1-3;/h1-9H;1-2H2,3-8H3;1-2H2;1H,(H2,2,3);/q;;;;+1/p-1. The zero-order valence-corrected chi connectivity index (χ0v) is 23.6. The van der Waals surface area contributed by atoms with Crippen LogP contribution in [0.3, 0.4) is 0 Å². The van der Waals surface area contributed by atoms with Gasteiger partial charge in [-0.3, -0.25) is 0 Å². The maximum atomic E-state index is 11.0. The molecule has 164 valence electrons. The van der Waals surface area contributed by atoms with Gasteiger partial charge in [0, 0.05) is 0 Å². The van der Waals surface area contributed by atoms with Gasteiger partial charge in [0.05, 0.1) is 16.1 Å². The Morgan fingerprint density at radius 2 is 1.23 bits per heavy atom. The van der Waals surface area contributed by atoms with Crippen LogP contribution in [-0.2, 0) is 21.6 Å². The van der Waals surface area contributed by atoms with E-state index in [1.165, 1.54) is 42.1 Å². The summed E-state index contributed by atoms with van der Waals surface area (Å²) in [5.74, 6) is 0. The van der Waals surface area contributed by atoms with Gasteiger partial charge in [-0.25, -0.2) is 0 Å². The average Bonchev–Trinajstić information content (AvgIpc) is 3.39. The molecule has 0 saturated carbocycles. The second kappa shape index (κ2) is 8.82. The molecule has 0 aromatic heterocycles. The molecular formula is C26H37NOSi2Ti. The van der Waals surface area contributed by atoms with Crippen LogP contribution in [-0.4, -0.2) is 22.6 Å². The van der Waals surface area contributed by atoms with Crippen molar-refractivity contribution in [2.45, 2.75) is 53.0 Å². The Balaban J connectivity index is 0.000000199. The molecule has 1 fully saturated rings. The minimum absolute atomic E-state index is 0.498. The van der Waals surface area contributed by atoms with E-state index in [9.17, 15) is 4.79 Å². The number of carbonyl (C=O) groups excluding carboxylic acids is 1. The van der Waals surface area contributed by atoms with Crippen LogP contribution in [0.15, 0.2) is 72.1 Å².